The molecule has 4 nitrogen and oxygen atoms in total. The van der Waals surface area contributed by atoms with E-state index in [0.29, 0.717) is 13.0 Å². The van der Waals surface area contributed by atoms with Crippen LogP contribution in [0.2, 0.25) is 0 Å². The first-order valence-corrected chi connectivity index (χ1v) is 11.3. The molecule has 0 spiro atoms. The fourth-order valence-corrected chi connectivity index (χ4v) is 4.72. The Morgan fingerprint density at radius 2 is 1.79 bits per heavy atom. The Morgan fingerprint density at radius 3 is 2.48 bits per heavy atom. The number of nitrogens with zero attached hydrogens (tertiary/aromatic N) is 3. The highest BCUT2D eigenvalue weighted by molar-refractivity contribution is 7.99. The lowest BCUT2D eigenvalue weighted by Crippen LogP contribution is -2.33. The summed E-state index contributed by atoms with van der Waals surface area (Å²) in [5, 5.41) is 0.810. The maximum atomic E-state index is 13.0. The van der Waals surface area contributed by atoms with Crippen LogP contribution in [0.15, 0.2) is 53.4 Å². The molecule has 0 aliphatic heterocycles. The zero-order valence-electron chi connectivity index (χ0n) is 17.1. The predicted octanol–water partition coefficient (Wildman–Crippen LogP) is 5.49. The summed E-state index contributed by atoms with van der Waals surface area (Å²) in [6.07, 6.45) is 1.44. The second-order valence-electron chi connectivity index (χ2n) is 7.08. The first-order valence-electron chi connectivity index (χ1n) is 9.53. The van der Waals surface area contributed by atoms with Gasteiger partial charge in [0.25, 0.3) is 0 Å². The minimum Gasteiger partial charge on any atom is -0.309 e. The fraction of sp³-hybridized carbons (Fsp3) is 0.364. The molecule has 3 aromatic rings. The summed E-state index contributed by atoms with van der Waals surface area (Å²) in [5.74, 6) is 0.925. The second kappa shape index (κ2) is 11.6. The minimum absolute atomic E-state index is 0. The van der Waals surface area contributed by atoms with E-state index >= 15 is 0 Å². The number of aromatic nitrogens is 1. The van der Waals surface area contributed by atoms with Gasteiger partial charge in [-0.05, 0) is 58.3 Å². The van der Waals surface area contributed by atoms with Gasteiger partial charge in [-0.2, -0.15) is 0 Å². The lowest BCUT2D eigenvalue weighted by Gasteiger charge is -2.21. The molecular formula is C22H28ClN3OS2. The summed E-state index contributed by atoms with van der Waals surface area (Å²) in [6.45, 7) is 3.74. The van der Waals surface area contributed by atoms with Crippen LogP contribution in [0.5, 0.6) is 0 Å². The van der Waals surface area contributed by atoms with Crippen LogP contribution in [0.1, 0.15) is 18.4 Å². The molecular weight excluding hydrogens is 422 g/mol. The van der Waals surface area contributed by atoms with Crippen molar-refractivity contribution in [3.8, 4) is 0 Å². The summed E-state index contributed by atoms with van der Waals surface area (Å²) >= 11 is 3.33. The van der Waals surface area contributed by atoms with Gasteiger partial charge in [0.15, 0.2) is 5.13 Å². The Kier molecular flexibility index (Phi) is 9.43. The Labute approximate surface area is 187 Å². The van der Waals surface area contributed by atoms with E-state index in [4.69, 9.17) is 4.98 Å². The number of amides is 1. The molecule has 3 rings (SSSR count). The van der Waals surface area contributed by atoms with Gasteiger partial charge in [0, 0.05) is 23.6 Å². The molecule has 0 bridgehead atoms. The SMILES string of the molecule is Cc1ccc(SCCC(=O)N(CCCN(C)C)c2nc3ccccc3s2)cc1.Cl. The molecule has 0 aliphatic rings. The van der Waals surface area contributed by atoms with E-state index in [1.807, 2.05) is 23.1 Å². The van der Waals surface area contributed by atoms with Crippen molar-refractivity contribution in [3.05, 3.63) is 54.1 Å². The monoisotopic (exact) mass is 449 g/mol. The van der Waals surface area contributed by atoms with Crippen molar-refractivity contribution in [2.45, 2.75) is 24.7 Å². The number of fused-ring (bicyclic) bond motifs is 1. The summed E-state index contributed by atoms with van der Waals surface area (Å²) in [6, 6.07) is 16.5. The number of halogens is 1. The Hall–Kier alpha value is -1.60. The average Bonchev–Trinajstić information content (AvgIpc) is 3.10. The van der Waals surface area contributed by atoms with Gasteiger partial charge in [0.2, 0.25) is 5.91 Å². The molecule has 7 heteroatoms. The van der Waals surface area contributed by atoms with Crippen LogP contribution in [0, 0.1) is 6.92 Å². The molecule has 156 valence electrons. The van der Waals surface area contributed by atoms with E-state index < -0.39 is 0 Å². The van der Waals surface area contributed by atoms with Crippen molar-refractivity contribution >= 4 is 56.8 Å². The van der Waals surface area contributed by atoms with Gasteiger partial charge in [0.05, 0.1) is 10.2 Å². The predicted molar refractivity (Wildman–Crippen MR) is 129 cm³/mol. The number of aryl methyl sites for hydroxylation is 1. The zero-order valence-corrected chi connectivity index (χ0v) is 19.6. The van der Waals surface area contributed by atoms with Crippen molar-refractivity contribution in [2.75, 3.05) is 37.8 Å². The highest BCUT2D eigenvalue weighted by atomic mass is 35.5. The van der Waals surface area contributed by atoms with Crippen molar-refractivity contribution in [3.63, 3.8) is 0 Å². The molecule has 0 aliphatic carbocycles. The Balaban J connectivity index is 0.00000300. The highest BCUT2D eigenvalue weighted by Crippen LogP contribution is 2.29. The molecule has 0 unspecified atom stereocenters. The van der Waals surface area contributed by atoms with Crippen LogP contribution in [0.3, 0.4) is 0 Å². The summed E-state index contributed by atoms with van der Waals surface area (Å²) in [5.41, 5.74) is 2.21. The first-order chi connectivity index (χ1) is 13.5. The third-order valence-electron chi connectivity index (χ3n) is 4.41. The molecule has 29 heavy (non-hydrogen) atoms. The number of hydrogen-bond donors (Lipinski definition) is 0. The molecule has 0 fully saturated rings. The van der Waals surface area contributed by atoms with Crippen molar-refractivity contribution in [1.29, 1.82) is 0 Å². The molecule has 0 radical (unpaired) electrons. The fourth-order valence-electron chi connectivity index (χ4n) is 2.87. The van der Waals surface area contributed by atoms with Crippen molar-refractivity contribution in [2.24, 2.45) is 0 Å². The van der Waals surface area contributed by atoms with Crippen LogP contribution >= 0.6 is 35.5 Å². The van der Waals surface area contributed by atoms with Crippen LogP contribution in [0.25, 0.3) is 10.2 Å². The smallest absolute Gasteiger partial charge is 0.229 e. The number of thiazole rings is 1. The quantitative estimate of drug-likeness (QED) is 0.404. The largest absolute Gasteiger partial charge is 0.309 e. The third-order valence-corrected chi connectivity index (χ3v) is 6.48. The van der Waals surface area contributed by atoms with Gasteiger partial charge in [-0.1, -0.05) is 41.2 Å². The standard InChI is InChI=1S/C22H27N3OS2.ClH/c1-17-9-11-18(12-10-17)27-16-13-21(26)25(15-6-14-24(2)3)22-23-19-7-4-5-8-20(19)28-22;/h4-5,7-12H,6,13-16H2,1-3H3;1H. The van der Waals surface area contributed by atoms with E-state index in [9.17, 15) is 4.79 Å². The minimum atomic E-state index is 0. The molecule has 1 heterocycles. The first kappa shape index (κ1) is 23.7. The van der Waals surface area contributed by atoms with E-state index in [2.05, 4.69) is 56.3 Å². The van der Waals surface area contributed by atoms with E-state index in [0.717, 1.165) is 34.1 Å². The lowest BCUT2D eigenvalue weighted by molar-refractivity contribution is -0.118. The highest BCUT2D eigenvalue weighted by Gasteiger charge is 2.19. The molecule has 0 atom stereocenters. The number of para-hydroxylation sites is 1. The van der Waals surface area contributed by atoms with Crippen LogP contribution in [0.4, 0.5) is 5.13 Å². The third kappa shape index (κ3) is 7.00. The number of hydrogen-bond acceptors (Lipinski definition) is 5. The van der Waals surface area contributed by atoms with Gasteiger partial charge in [-0.3, -0.25) is 9.69 Å². The molecule has 1 aromatic heterocycles. The molecule has 2 aromatic carbocycles. The maximum absolute atomic E-state index is 13.0. The normalized spacial score (nSPS) is 10.9. The van der Waals surface area contributed by atoms with Gasteiger partial charge < -0.3 is 4.90 Å². The molecule has 1 amide bonds. The summed E-state index contributed by atoms with van der Waals surface area (Å²) < 4.78 is 1.12. The van der Waals surface area contributed by atoms with Gasteiger partial charge in [-0.25, -0.2) is 4.98 Å². The van der Waals surface area contributed by atoms with Crippen LogP contribution < -0.4 is 4.90 Å². The van der Waals surface area contributed by atoms with Crippen molar-refractivity contribution in [1.82, 2.24) is 9.88 Å². The number of thioether (sulfide) groups is 1. The van der Waals surface area contributed by atoms with E-state index in [1.54, 1.807) is 23.1 Å². The summed E-state index contributed by atoms with van der Waals surface area (Å²) in [4.78, 5) is 22.9. The van der Waals surface area contributed by atoms with Crippen molar-refractivity contribution < 1.29 is 4.79 Å². The van der Waals surface area contributed by atoms with Gasteiger partial charge in [-0.15, -0.1) is 24.2 Å². The topological polar surface area (TPSA) is 36.4 Å². The Morgan fingerprint density at radius 1 is 1.07 bits per heavy atom. The molecule has 0 saturated heterocycles. The Bertz CT molecular complexity index is 879. The van der Waals surface area contributed by atoms with Gasteiger partial charge in [0.1, 0.15) is 0 Å². The second-order valence-corrected chi connectivity index (χ2v) is 9.26. The zero-order chi connectivity index (χ0) is 19.9. The number of carbonyl (C=O) groups is 1. The van der Waals surface area contributed by atoms with E-state index in [1.165, 1.54) is 10.5 Å². The number of anilines is 1. The maximum Gasteiger partial charge on any atom is 0.229 e. The number of rotatable bonds is 9. The lowest BCUT2D eigenvalue weighted by atomic mass is 10.2. The number of benzene rings is 2. The van der Waals surface area contributed by atoms with Crippen LogP contribution in [-0.2, 0) is 4.79 Å². The number of carbonyl (C=O) groups excluding carboxylic acids is 1. The summed E-state index contributed by atoms with van der Waals surface area (Å²) in [7, 11) is 4.12. The van der Waals surface area contributed by atoms with Gasteiger partial charge >= 0.3 is 0 Å². The molecule has 0 N–H and O–H groups in total. The van der Waals surface area contributed by atoms with E-state index in [-0.39, 0.29) is 18.3 Å². The van der Waals surface area contributed by atoms with Crippen LogP contribution in [-0.4, -0.2) is 48.7 Å². The molecule has 0 saturated carbocycles. The average molecular weight is 450 g/mol.